The van der Waals surface area contributed by atoms with E-state index in [2.05, 4.69) is 16.8 Å². The van der Waals surface area contributed by atoms with Crippen molar-refractivity contribution in [3.63, 3.8) is 0 Å². The number of hydrogen-bond donors (Lipinski definition) is 0. The third-order valence-corrected chi connectivity index (χ3v) is 6.86. The van der Waals surface area contributed by atoms with Gasteiger partial charge in [0.1, 0.15) is 11.6 Å². The topological polar surface area (TPSA) is 98.0 Å². The van der Waals surface area contributed by atoms with Crippen LogP contribution in [0.5, 0.6) is 0 Å². The Balaban J connectivity index is 1.37. The van der Waals surface area contributed by atoms with E-state index in [-0.39, 0.29) is 23.6 Å². The molecule has 184 valence electrons. The standard InChI is InChI=1S/C24H32N4O5S/c1-3-18-14-21(27-10-12-31-13-11-27)26-24(25-18)34-16-19-7-8-20(33-19)22(29)28-9-5-6-17(15-28)23(30)32-4-2/h7-8,14,17H,3-6,9-13,15-16H2,1-2H3/t17-/m0/s1. The molecule has 2 aromatic rings. The van der Waals surface area contributed by atoms with Crippen molar-refractivity contribution in [3.8, 4) is 0 Å². The molecule has 9 nitrogen and oxygen atoms in total. The number of nitrogens with zero attached hydrogens (tertiary/aromatic N) is 4. The number of carbonyl (C=O) groups is 2. The average molecular weight is 489 g/mol. The third kappa shape index (κ3) is 6.09. The van der Waals surface area contributed by atoms with Crippen LogP contribution < -0.4 is 4.90 Å². The number of amides is 1. The second-order valence-electron chi connectivity index (χ2n) is 8.35. The molecule has 2 aliphatic rings. The van der Waals surface area contributed by atoms with Crippen molar-refractivity contribution in [2.24, 2.45) is 5.92 Å². The first kappa shape index (κ1) is 24.5. The Morgan fingerprint density at radius 2 is 2.00 bits per heavy atom. The van der Waals surface area contributed by atoms with E-state index in [1.807, 2.05) is 12.1 Å². The van der Waals surface area contributed by atoms with Gasteiger partial charge in [-0.25, -0.2) is 9.97 Å². The molecule has 10 heteroatoms. The van der Waals surface area contributed by atoms with Crippen molar-refractivity contribution in [1.82, 2.24) is 14.9 Å². The summed E-state index contributed by atoms with van der Waals surface area (Å²) in [6.45, 7) is 8.25. The summed E-state index contributed by atoms with van der Waals surface area (Å²) in [5.74, 6) is 1.73. The molecule has 0 unspecified atom stereocenters. The zero-order chi connectivity index (χ0) is 23.9. The second-order valence-corrected chi connectivity index (χ2v) is 9.29. The fraction of sp³-hybridized carbons (Fsp3) is 0.583. The van der Waals surface area contributed by atoms with Crippen LogP contribution in [0.1, 0.15) is 48.7 Å². The number of aromatic nitrogens is 2. The number of rotatable bonds is 8. The predicted molar refractivity (Wildman–Crippen MR) is 128 cm³/mol. The molecule has 2 fully saturated rings. The van der Waals surface area contributed by atoms with E-state index in [0.717, 1.165) is 43.9 Å². The summed E-state index contributed by atoms with van der Waals surface area (Å²) in [4.78, 5) is 38.3. The van der Waals surface area contributed by atoms with Crippen LogP contribution in [0.25, 0.3) is 0 Å². The van der Waals surface area contributed by atoms with Crippen LogP contribution in [-0.2, 0) is 26.4 Å². The summed E-state index contributed by atoms with van der Waals surface area (Å²) in [6, 6.07) is 5.56. The van der Waals surface area contributed by atoms with Crippen LogP contribution in [0.2, 0.25) is 0 Å². The van der Waals surface area contributed by atoms with Gasteiger partial charge in [-0.05, 0) is 38.3 Å². The van der Waals surface area contributed by atoms with Crippen LogP contribution in [0.4, 0.5) is 5.82 Å². The molecular formula is C24H32N4O5S. The van der Waals surface area contributed by atoms with Gasteiger partial charge in [0.05, 0.1) is 31.5 Å². The van der Waals surface area contributed by atoms with Gasteiger partial charge in [0, 0.05) is 37.9 Å². The van der Waals surface area contributed by atoms with Crippen LogP contribution in [0, 0.1) is 5.92 Å². The fourth-order valence-electron chi connectivity index (χ4n) is 4.14. The molecule has 1 amide bonds. The summed E-state index contributed by atoms with van der Waals surface area (Å²) in [5.41, 5.74) is 0.996. The Bertz CT molecular complexity index is 991. The number of esters is 1. The molecule has 0 bridgehead atoms. The average Bonchev–Trinajstić information content (AvgIpc) is 3.36. The molecule has 4 rings (SSSR count). The molecule has 2 aromatic heterocycles. The van der Waals surface area contributed by atoms with Gasteiger partial charge >= 0.3 is 5.97 Å². The van der Waals surface area contributed by atoms with Gasteiger partial charge in [0.2, 0.25) is 0 Å². The van der Waals surface area contributed by atoms with Crippen LogP contribution >= 0.6 is 11.8 Å². The summed E-state index contributed by atoms with van der Waals surface area (Å²) in [6.07, 6.45) is 2.34. The normalized spacial score (nSPS) is 18.7. The molecule has 2 aliphatic heterocycles. The first-order chi connectivity index (χ1) is 16.6. The minimum Gasteiger partial charge on any atom is -0.466 e. The number of anilines is 1. The highest BCUT2D eigenvalue weighted by atomic mass is 32.2. The molecule has 0 spiro atoms. The highest BCUT2D eigenvalue weighted by Crippen LogP contribution is 2.26. The molecule has 0 aliphatic carbocycles. The molecule has 2 saturated heterocycles. The molecule has 0 aromatic carbocycles. The number of thioether (sulfide) groups is 1. The number of aryl methyl sites for hydroxylation is 1. The first-order valence-electron chi connectivity index (χ1n) is 12.0. The maximum absolute atomic E-state index is 12.9. The van der Waals surface area contributed by atoms with E-state index in [0.29, 0.717) is 49.6 Å². The number of furan rings is 1. The van der Waals surface area contributed by atoms with E-state index >= 15 is 0 Å². The zero-order valence-electron chi connectivity index (χ0n) is 19.8. The van der Waals surface area contributed by atoms with Gasteiger partial charge in [0.25, 0.3) is 5.91 Å². The minimum absolute atomic E-state index is 0.191. The van der Waals surface area contributed by atoms with Gasteiger partial charge in [-0.3, -0.25) is 9.59 Å². The van der Waals surface area contributed by atoms with Gasteiger partial charge in [-0.1, -0.05) is 18.7 Å². The second kappa shape index (κ2) is 11.7. The number of likely N-dealkylation sites (tertiary alicyclic amines) is 1. The van der Waals surface area contributed by atoms with Crippen molar-refractivity contribution >= 4 is 29.5 Å². The largest absolute Gasteiger partial charge is 0.466 e. The lowest BCUT2D eigenvalue weighted by atomic mass is 9.98. The van der Waals surface area contributed by atoms with Crippen molar-refractivity contribution in [2.75, 3.05) is 50.9 Å². The first-order valence-corrected chi connectivity index (χ1v) is 12.9. The quantitative estimate of drug-likeness (QED) is 0.315. The maximum atomic E-state index is 12.9. The van der Waals surface area contributed by atoms with Crippen molar-refractivity contribution < 1.29 is 23.5 Å². The van der Waals surface area contributed by atoms with Crippen molar-refractivity contribution in [3.05, 3.63) is 35.4 Å². The van der Waals surface area contributed by atoms with Crippen molar-refractivity contribution in [1.29, 1.82) is 0 Å². The predicted octanol–water partition coefficient (Wildman–Crippen LogP) is 3.18. The van der Waals surface area contributed by atoms with Gasteiger partial charge < -0.3 is 23.7 Å². The zero-order valence-corrected chi connectivity index (χ0v) is 20.6. The SMILES string of the molecule is CCOC(=O)[C@H]1CCCN(C(=O)c2ccc(CSc3nc(CC)cc(N4CCOCC4)n3)o2)C1. The molecule has 0 saturated carbocycles. The van der Waals surface area contributed by atoms with E-state index in [1.165, 1.54) is 11.8 Å². The number of morpholine rings is 1. The Kier molecular flexibility index (Phi) is 8.44. The molecule has 1 atom stereocenters. The van der Waals surface area contributed by atoms with E-state index in [1.54, 1.807) is 17.9 Å². The van der Waals surface area contributed by atoms with E-state index in [4.69, 9.17) is 18.9 Å². The monoisotopic (exact) mass is 488 g/mol. The van der Waals surface area contributed by atoms with E-state index in [9.17, 15) is 9.59 Å². The van der Waals surface area contributed by atoms with Crippen molar-refractivity contribution in [2.45, 2.75) is 44.0 Å². The van der Waals surface area contributed by atoms with Gasteiger partial charge in [-0.15, -0.1) is 0 Å². The Labute approximate surface area is 204 Å². The molecule has 0 radical (unpaired) electrons. The van der Waals surface area contributed by atoms with Gasteiger partial charge in [0.15, 0.2) is 10.9 Å². The number of hydrogen-bond acceptors (Lipinski definition) is 9. The number of piperidine rings is 1. The third-order valence-electron chi connectivity index (χ3n) is 5.99. The summed E-state index contributed by atoms with van der Waals surface area (Å²) in [7, 11) is 0. The smallest absolute Gasteiger partial charge is 0.310 e. The van der Waals surface area contributed by atoms with Gasteiger partial charge in [-0.2, -0.15) is 0 Å². The van der Waals surface area contributed by atoms with E-state index < -0.39 is 0 Å². The number of carbonyl (C=O) groups excluding carboxylic acids is 2. The summed E-state index contributed by atoms with van der Waals surface area (Å²) >= 11 is 1.49. The molecular weight excluding hydrogens is 456 g/mol. The molecule has 4 heterocycles. The van der Waals surface area contributed by atoms with Crippen LogP contribution in [0.15, 0.2) is 27.8 Å². The van der Waals surface area contributed by atoms with Crippen LogP contribution in [0.3, 0.4) is 0 Å². The maximum Gasteiger partial charge on any atom is 0.310 e. The summed E-state index contributed by atoms with van der Waals surface area (Å²) in [5, 5.41) is 0.693. The molecule has 34 heavy (non-hydrogen) atoms. The molecule has 0 N–H and O–H groups in total. The Morgan fingerprint density at radius 3 is 2.76 bits per heavy atom. The van der Waals surface area contributed by atoms with Crippen LogP contribution in [-0.4, -0.2) is 72.7 Å². The highest BCUT2D eigenvalue weighted by molar-refractivity contribution is 7.98. The fourth-order valence-corrected chi connectivity index (χ4v) is 4.90. The minimum atomic E-state index is -0.272. The summed E-state index contributed by atoms with van der Waals surface area (Å²) < 4.78 is 16.4. The lowest BCUT2D eigenvalue weighted by Crippen LogP contribution is -2.42. The highest BCUT2D eigenvalue weighted by Gasteiger charge is 2.31. The Hall–Kier alpha value is -2.59. The number of ether oxygens (including phenoxy) is 2. The lowest BCUT2D eigenvalue weighted by Gasteiger charge is -2.30. The lowest BCUT2D eigenvalue weighted by molar-refractivity contribution is -0.149. The Morgan fingerprint density at radius 1 is 1.18 bits per heavy atom.